The van der Waals surface area contributed by atoms with Crippen molar-refractivity contribution in [3.05, 3.63) is 77.9 Å². The Balaban J connectivity index is 1.74. The van der Waals surface area contributed by atoms with Gasteiger partial charge < -0.3 is 20.3 Å². The minimum absolute atomic E-state index is 0.525. The van der Waals surface area contributed by atoms with Crippen LogP contribution in [-0.4, -0.2) is 42.1 Å². The van der Waals surface area contributed by atoms with E-state index in [0.717, 1.165) is 57.9 Å². The summed E-state index contributed by atoms with van der Waals surface area (Å²) in [6, 6.07) is 22.3. The van der Waals surface area contributed by atoms with E-state index in [1.54, 1.807) is 0 Å². The molecule has 0 fully saturated rings. The van der Waals surface area contributed by atoms with E-state index in [2.05, 4.69) is 61.7 Å². The van der Waals surface area contributed by atoms with Gasteiger partial charge in [0.15, 0.2) is 0 Å². The Labute approximate surface area is 195 Å². The number of fused-ring (bicyclic) bond motifs is 1. The normalized spacial score (nSPS) is 11.1. The lowest BCUT2D eigenvalue weighted by atomic mass is 10.1. The molecule has 33 heavy (non-hydrogen) atoms. The van der Waals surface area contributed by atoms with Gasteiger partial charge >= 0.3 is 0 Å². The van der Waals surface area contributed by atoms with Gasteiger partial charge in [-0.15, -0.1) is 0 Å². The summed E-state index contributed by atoms with van der Waals surface area (Å²) in [5.41, 5.74) is 5.04. The zero-order valence-electron chi connectivity index (χ0n) is 19.7. The van der Waals surface area contributed by atoms with Crippen molar-refractivity contribution in [1.29, 1.82) is 0 Å². The van der Waals surface area contributed by atoms with Gasteiger partial charge in [-0.2, -0.15) is 4.98 Å². The van der Waals surface area contributed by atoms with Crippen LogP contribution in [0, 0.1) is 13.8 Å². The van der Waals surface area contributed by atoms with Crippen LogP contribution in [0.4, 0.5) is 23.1 Å². The van der Waals surface area contributed by atoms with Crippen LogP contribution in [0.1, 0.15) is 17.5 Å². The van der Waals surface area contributed by atoms with Crippen LogP contribution in [-0.2, 0) is 0 Å². The molecule has 170 valence electrons. The third-order valence-corrected chi connectivity index (χ3v) is 5.49. The minimum atomic E-state index is 0.525. The van der Waals surface area contributed by atoms with E-state index >= 15 is 0 Å². The maximum Gasteiger partial charge on any atom is 0.229 e. The Kier molecular flexibility index (Phi) is 7.05. The molecule has 2 N–H and O–H groups in total. The first-order valence-electron chi connectivity index (χ1n) is 11.2. The Morgan fingerprint density at radius 1 is 0.788 bits per heavy atom. The van der Waals surface area contributed by atoms with Crippen molar-refractivity contribution in [3.63, 3.8) is 0 Å². The molecule has 3 aromatic carbocycles. The first-order valence-corrected chi connectivity index (χ1v) is 11.2. The highest BCUT2D eigenvalue weighted by molar-refractivity contribution is 5.95. The summed E-state index contributed by atoms with van der Waals surface area (Å²) in [5.74, 6) is 2.02. The fourth-order valence-corrected chi connectivity index (χ4v) is 3.63. The van der Waals surface area contributed by atoms with Crippen molar-refractivity contribution in [3.8, 4) is 5.75 Å². The van der Waals surface area contributed by atoms with Crippen LogP contribution in [0.3, 0.4) is 0 Å². The summed E-state index contributed by atoms with van der Waals surface area (Å²) in [6.07, 6.45) is 0.942. The maximum atomic E-state index is 6.16. The molecule has 0 bridgehead atoms. The van der Waals surface area contributed by atoms with E-state index in [1.807, 2.05) is 48.5 Å². The second-order valence-electron chi connectivity index (χ2n) is 8.43. The first kappa shape index (κ1) is 22.6. The van der Waals surface area contributed by atoms with Crippen molar-refractivity contribution >= 4 is 34.0 Å². The molecule has 0 aliphatic carbocycles. The molecule has 0 saturated carbocycles. The number of hydrogen-bond donors (Lipinski definition) is 2. The molecule has 4 rings (SSSR count). The van der Waals surface area contributed by atoms with Crippen LogP contribution in [0.25, 0.3) is 10.9 Å². The van der Waals surface area contributed by atoms with Gasteiger partial charge in [0.2, 0.25) is 5.95 Å². The summed E-state index contributed by atoms with van der Waals surface area (Å²) >= 11 is 0. The number of anilines is 4. The second-order valence-corrected chi connectivity index (χ2v) is 8.43. The van der Waals surface area contributed by atoms with Crippen molar-refractivity contribution in [2.24, 2.45) is 0 Å². The molecule has 0 spiro atoms. The van der Waals surface area contributed by atoms with Crippen molar-refractivity contribution in [2.45, 2.75) is 20.3 Å². The smallest absolute Gasteiger partial charge is 0.229 e. The SMILES string of the molecule is Cc1ccccc1Nc1nc(Nc2ccccc2C)c2cccc(OCCCN(C)C)c2n1. The van der Waals surface area contributed by atoms with Gasteiger partial charge in [0.25, 0.3) is 0 Å². The summed E-state index contributed by atoms with van der Waals surface area (Å²) in [7, 11) is 4.14. The highest BCUT2D eigenvalue weighted by Gasteiger charge is 2.14. The summed E-state index contributed by atoms with van der Waals surface area (Å²) in [4.78, 5) is 11.8. The van der Waals surface area contributed by atoms with Gasteiger partial charge in [-0.3, -0.25) is 0 Å². The predicted octanol–water partition coefficient (Wildman–Crippen LogP) is 6.06. The van der Waals surface area contributed by atoms with E-state index in [0.29, 0.717) is 12.6 Å². The van der Waals surface area contributed by atoms with Crippen molar-refractivity contribution in [2.75, 3.05) is 37.9 Å². The molecule has 6 heteroatoms. The molecule has 0 aliphatic rings. The maximum absolute atomic E-state index is 6.16. The molecule has 0 saturated heterocycles. The fourth-order valence-electron chi connectivity index (χ4n) is 3.63. The van der Waals surface area contributed by atoms with Crippen LogP contribution < -0.4 is 15.4 Å². The van der Waals surface area contributed by atoms with Gasteiger partial charge in [0.05, 0.1) is 6.61 Å². The van der Waals surface area contributed by atoms with E-state index < -0.39 is 0 Å². The third-order valence-electron chi connectivity index (χ3n) is 5.49. The Bertz CT molecular complexity index is 1240. The number of aromatic nitrogens is 2. The van der Waals surface area contributed by atoms with Crippen LogP contribution in [0.15, 0.2) is 66.7 Å². The van der Waals surface area contributed by atoms with Crippen LogP contribution in [0.2, 0.25) is 0 Å². The summed E-state index contributed by atoms with van der Waals surface area (Å²) in [5, 5.41) is 7.82. The zero-order valence-corrected chi connectivity index (χ0v) is 19.7. The topological polar surface area (TPSA) is 62.3 Å². The number of hydrogen-bond acceptors (Lipinski definition) is 6. The number of aryl methyl sites for hydroxylation is 2. The van der Waals surface area contributed by atoms with Gasteiger partial charge in [-0.05, 0) is 69.8 Å². The number of ether oxygens (including phenoxy) is 1. The molecule has 4 aromatic rings. The second kappa shape index (κ2) is 10.3. The van der Waals surface area contributed by atoms with E-state index in [4.69, 9.17) is 14.7 Å². The van der Waals surface area contributed by atoms with E-state index in [9.17, 15) is 0 Å². The molecular formula is C27H31N5O. The zero-order chi connectivity index (χ0) is 23.2. The lowest BCUT2D eigenvalue weighted by Crippen LogP contribution is -2.15. The molecule has 1 heterocycles. The number of nitrogens with zero attached hydrogens (tertiary/aromatic N) is 3. The number of rotatable bonds is 9. The Hall–Kier alpha value is -3.64. The average Bonchev–Trinajstić information content (AvgIpc) is 2.80. The number of nitrogens with one attached hydrogen (secondary N) is 2. The first-order chi connectivity index (χ1) is 16.0. The standard InChI is InChI=1S/C27H31N5O/c1-19-11-5-7-14-22(19)28-26-21-13-9-16-24(33-18-10-17-32(3)4)25(21)30-27(31-26)29-23-15-8-6-12-20(23)2/h5-9,11-16H,10,17-18H2,1-4H3,(H2,28,29,30,31). The summed E-state index contributed by atoms with van der Waals surface area (Å²) in [6.45, 7) is 5.75. The van der Waals surface area contributed by atoms with E-state index in [1.165, 1.54) is 0 Å². The third kappa shape index (κ3) is 5.59. The van der Waals surface area contributed by atoms with Crippen LogP contribution in [0.5, 0.6) is 5.75 Å². The molecule has 0 atom stereocenters. The highest BCUT2D eigenvalue weighted by Crippen LogP contribution is 2.33. The largest absolute Gasteiger partial charge is 0.491 e. The van der Waals surface area contributed by atoms with Crippen molar-refractivity contribution < 1.29 is 4.74 Å². The lowest BCUT2D eigenvalue weighted by molar-refractivity contribution is 0.284. The molecule has 0 aliphatic heterocycles. The Morgan fingerprint density at radius 3 is 2.12 bits per heavy atom. The fraction of sp³-hybridized carbons (Fsp3) is 0.259. The monoisotopic (exact) mass is 441 g/mol. The average molecular weight is 442 g/mol. The molecule has 6 nitrogen and oxygen atoms in total. The predicted molar refractivity (Wildman–Crippen MR) is 137 cm³/mol. The van der Waals surface area contributed by atoms with Gasteiger partial charge in [-0.1, -0.05) is 42.5 Å². The number of benzene rings is 3. The molecular weight excluding hydrogens is 410 g/mol. The lowest BCUT2D eigenvalue weighted by Gasteiger charge is -2.16. The molecule has 0 unspecified atom stereocenters. The quantitative estimate of drug-likeness (QED) is 0.308. The van der Waals surface area contributed by atoms with Gasteiger partial charge in [-0.25, -0.2) is 4.98 Å². The highest BCUT2D eigenvalue weighted by atomic mass is 16.5. The summed E-state index contributed by atoms with van der Waals surface area (Å²) < 4.78 is 6.16. The molecule has 0 amide bonds. The molecule has 1 aromatic heterocycles. The minimum Gasteiger partial charge on any atom is -0.491 e. The molecule has 0 radical (unpaired) electrons. The van der Waals surface area contributed by atoms with Crippen LogP contribution >= 0.6 is 0 Å². The Morgan fingerprint density at radius 2 is 1.45 bits per heavy atom. The van der Waals surface area contributed by atoms with Gasteiger partial charge in [0, 0.05) is 23.3 Å². The number of para-hydroxylation sites is 3. The van der Waals surface area contributed by atoms with Gasteiger partial charge in [0.1, 0.15) is 17.1 Å². The van der Waals surface area contributed by atoms with E-state index in [-0.39, 0.29) is 0 Å². The van der Waals surface area contributed by atoms with Crippen molar-refractivity contribution in [1.82, 2.24) is 14.9 Å².